The molecule has 0 unspecified atom stereocenters. The standard InChI is InChI=1S/C9H15N3/c1-7(2)3-4-8-5-6-9(10)12-11-8/h5-7H,3-4H2,1-2H3,(H2,10,12). The summed E-state index contributed by atoms with van der Waals surface area (Å²) < 4.78 is 0. The molecule has 1 heterocycles. The Morgan fingerprint density at radius 3 is 2.58 bits per heavy atom. The highest BCUT2D eigenvalue weighted by molar-refractivity contribution is 5.25. The van der Waals surface area contributed by atoms with E-state index >= 15 is 0 Å². The van der Waals surface area contributed by atoms with E-state index in [0.717, 1.165) is 18.5 Å². The Morgan fingerprint density at radius 2 is 2.08 bits per heavy atom. The monoisotopic (exact) mass is 165 g/mol. The summed E-state index contributed by atoms with van der Waals surface area (Å²) in [5.41, 5.74) is 6.43. The van der Waals surface area contributed by atoms with Crippen molar-refractivity contribution >= 4 is 5.82 Å². The van der Waals surface area contributed by atoms with E-state index in [1.807, 2.05) is 6.07 Å². The van der Waals surface area contributed by atoms with Gasteiger partial charge in [0.25, 0.3) is 0 Å². The predicted octanol–water partition coefficient (Wildman–Crippen LogP) is 1.65. The minimum absolute atomic E-state index is 0.489. The lowest BCUT2D eigenvalue weighted by Gasteiger charge is -2.02. The fourth-order valence-corrected chi connectivity index (χ4v) is 0.940. The first-order valence-corrected chi connectivity index (χ1v) is 4.26. The van der Waals surface area contributed by atoms with E-state index in [1.165, 1.54) is 0 Å². The van der Waals surface area contributed by atoms with Crippen LogP contribution < -0.4 is 5.73 Å². The van der Waals surface area contributed by atoms with Crippen LogP contribution in [-0.4, -0.2) is 10.2 Å². The van der Waals surface area contributed by atoms with Gasteiger partial charge in [0.05, 0.1) is 5.69 Å². The van der Waals surface area contributed by atoms with Crippen LogP contribution in [0, 0.1) is 5.92 Å². The highest BCUT2D eigenvalue weighted by atomic mass is 15.1. The molecule has 0 atom stereocenters. The molecule has 1 aromatic rings. The Morgan fingerprint density at radius 1 is 1.33 bits per heavy atom. The Bertz CT molecular complexity index is 228. The molecule has 66 valence electrons. The van der Waals surface area contributed by atoms with Gasteiger partial charge in [0, 0.05) is 0 Å². The van der Waals surface area contributed by atoms with Crippen LogP contribution in [0.2, 0.25) is 0 Å². The summed E-state index contributed by atoms with van der Waals surface area (Å²) in [6, 6.07) is 3.73. The molecular weight excluding hydrogens is 150 g/mol. The second kappa shape index (κ2) is 4.04. The van der Waals surface area contributed by atoms with E-state index in [-0.39, 0.29) is 0 Å². The summed E-state index contributed by atoms with van der Waals surface area (Å²) in [4.78, 5) is 0. The molecule has 0 spiro atoms. The summed E-state index contributed by atoms with van der Waals surface area (Å²) in [6.07, 6.45) is 2.14. The van der Waals surface area contributed by atoms with Crippen molar-refractivity contribution in [3.05, 3.63) is 17.8 Å². The summed E-state index contributed by atoms with van der Waals surface area (Å²) in [7, 11) is 0. The minimum atomic E-state index is 0.489. The van der Waals surface area contributed by atoms with Crippen LogP contribution in [0.25, 0.3) is 0 Å². The normalized spacial score (nSPS) is 10.6. The number of nitrogens with two attached hydrogens (primary N) is 1. The Labute approximate surface area is 73.0 Å². The molecule has 1 rings (SSSR count). The molecule has 12 heavy (non-hydrogen) atoms. The molecule has 0 aromatic carbocycles. The minimum Gasteiger partial charge on any atom is -0.382 e. The third-order valence-corrected chi connectivity index (χ3v) is 1.72. The van der Waals surface area contributed by atoms with Gasteiger partial charge in [0.2, 0.25) is 0 Å². The molecule has 0 aliphatic carbocycles. The first-order valence-electron chi connectivity index (χ1n) is 4.26. The first kappa shape index (κ1) is 8.97. The molecule has 0 amide bonds. The molecule has 0 radical (unpaired) electrons. The van der Waals surface area contributed by atoms with Gasteiger partial charge >= 0.3 is 0 Å². The Balaban J connectivity index is 2.48. The summed E-state index contributed by atoms with van der Waals surface area (Å²) >= 11 is 0. The van der Waals surface area contributed by atoms with Crippen LogP contribution in [0.5, 0.6) is 0 Å². The first-order chi connectivity index (χ1) is 5.68. The average molecular weight is 165 g/mol. The average Bonchev–Trinajstić information content (AvgIpc) is 2.03. The Kier molecular flexibility index (Phi) is 3.02. The van der Waals surface area contributed by atoms with E-state index in [2.05, 4.69) is 24.0 Å². The summed E-state index contributed by atoms with van der Waals surface area (Å²) in [5, 5.41) is 7.76. The van der Waals surface area contributed by atoms with Gasteiger partial charge in [-0.05, 0) is 30.9 Å². The number of aromatic nitrogens is 2. The maximum absolute atomic E-state index is 5.41. The van der Waals surface area contributed by atoms with Crippen molar-refractivity contribution < 1.29 is 0 Å². The molecule has 0 aliphatic heterocycles. The van der Waals surface area contributed by atoms with Gasteiger partial charge in [-0.25, -0.2) is 0 Å². The van der Waals surface area contributed by atoms with Gasteiger partial charge in [0.1, 0.15) is 5.82 Å². The van der Waals surface area contributed by atoms with Crippen LogP contribution >= 0.6 is 0 Å². The largest absolute Gasteiger partial charge is 0.382 e. The fraction of sp³-hybridized carbons (Fsp3) is 0.556. The van der Waals surface area contributed by atoms with Crippen LogP contribution in [0.1, 0.15) is 26.0 Å². The highest BCUT2D eigenvalue weighted by Crippen LogP contribution is 2.06. The SMILES string of the molecule is CC(C)CCc1ccc(N)nn1. The van der Waals surface area contributed by atoms with Crippen molar-refractivity contribution in [2.45, 2.75) is 26.7 Å². The number of rotatable bonds is 3. The number of hydrogen-bond donors (Lipinski definition) is 1. The van der Waals surface area contributed by atoms with Crippen molar-refractivity contribution in [2.24, 2.45) is 5.92 Å². The topological polar surface area (TPSA) is 51.8 Å². The second-order valence-corrected chi connectivity index (χ2v) is 3.38. The summed E-state index contributed by atoms with van der Waals surface area (Å²) in [5.74, 6) is 1.20. The van der Waals surface area contributed by atoms with E-state index in [0.29, 0.717) is 11.7 Å². The van der Waals surface area contributed by atoms with E-state index in [1.54, 1.807) is 6.07 Å². The molecule has 0 bridgehead atoms. The lowest BCUT2D eigenvalue weighted by atomic mass is 10.1. The zero-order chi connectivity index (χ0) is 8.97. The molecule has 2 N–H and O–H groups in total. The van der Waals surface area contributed by atoms with Gasteiger partial charge in [-0.1, -0.05) is 13.8 Å². The maximum Gasteiger partial charge on any atom is 0.146 e. The zero-order valence-corrected chi connectivity index (χ0v) is 7.62. The van der Waals surface area contributed by atoms with Crippen molar-refractivity contribution in [3.8, 4) is 0 Å². The number of aryl methyl sites for hydroxylation is 1. The van der Waals surface area contributed by atoms with Crippen LogP contribution in [-0.2, 0) is 6.42 Å². The molecular formula is C9H15N3. The quantitative estimate of drug-likeness (QED) is 0.740. The van der Waals surface area contributed by atoms with Crippen molar-refractivity contribution in [3.63, 3.8) is 0 Å². The van der Waals surface area contributed by atoms with Crippen LogP contribution in [0.4, 0.5) is 5.82 Å². The predicted molar refractivity (Wildman–Crippen MR) is 49.6 cm³/mol. The maximum atomic E-state index is 5.41. The fourth-order valence-electron chi connectivity index (χ4n) is 0.940. The van der Waals surface area contributed by atoms with Crippen LogP contribution in [0.15, 0.2) is 12.1 Å². The molecule has 0 saturated heterocycles. The van der Waals surface area contributed by atoms with Crippen LogP contribution in [0.3, 0.4) is 0 Å². The molecule has 3 heteroatoms. The third-order valence-electron chi connectivity index (χ3n) is 1.72. The van der Waals surface area contributed by atoms with Gasteiger partial charge in [0.15, 0.2) is 0 Å². The third kappa shape index (κ3) is 2.86. The van der Waals surface area contributed by atoms with Crippen molar-refractivity contribution in [1.82, 2.24) is 10.2 Å². The number of hydrogen-bond acceptors (Lipinski definition) is 3. The number of nitrogen functional groups attached to an aromatic ring is 1. The molecule has 0 saturated carbocycles. The smallest absolute Gasteiger partial charge is 0.146 e. The van der Waals surface area contributed by atoms with Crippen molar-refractivity contribution in [1.29, 1.82) is 0 Å². The molecule has 1 aromatic heterocycles. The number of nitrogens with zero attached hydrogens (tertiary/aromatic N) is 2. The lowest BCUT2D eigenvalue weighted by Crippen LogP contribution is -1.99. The highest BCUT2D eigenvalue weighted by Gasteiger charge is 1.98. The van der Waals surface area contributed by atoms with Gasteiger partial charge in [-0.2, -0.15) is 5.10 Å². The van der Waals surface area contributed by atoms with E-state index in [9.17, 15) is 0 Å². The van der Waals surface area contributed by atoms with Crippen molar-refractivity contribution in [2.75, 3.05) is 5.73 Å². The second-order valence-electron chi connectivity index (χ2n) is 3.38. The lowest BCUT2D eigenvalue weighted by molar-refractivity contribution is 0.578. The number of anilines is 1. The summed E-state index contributed by atoms with van der Waals surface area (Å²) in [6.45, 7) is 4.40. The van der Waals surface area contributed by atoms with E-state index < -0.39 is 0 Å². The Hall–Kier alpha value is -1.12. The van der Waals surface area contributed by atoms with Gasteiger partial charge in [-0.3, -0.25) is 0 Å². The molecule has 3 nitrogen and oxygen atoms in total. The molecule has 0 fully saturated rings. The van der Waals surface area contributed by atoms with Gasteiger partial charge in [-0.15, -0.1) is 5.10 Å². The zero-order valence-electron chi connectivity index (χ0n) is 7.62. The van der Waals surface area contributed by atoms with Gasteiger partial charge < -0.3 is 5.73 Å². The van der Waals surface area contributed by atoms with E-state index in [4.69, 9.17) is 5.73 Å². The molecule has 0 aliphatic rings.